The van der Waals surface area contributed by atoms with Crippen LogP contribution < -0.4 is 10.4 Å². The third-order valence-corrected chi connectivity index (χ3v) is 6.86. The third-order valence-electron chi connectivity index (χ3n) is 6.03. The minimum Gasteiger partial charge on any atom is -0.478 e. The van der Waals surface area contributed by atoms with E-state index in [1.165, 1.54) is 0 Å². The summed E-state index contributed by atoms with van der Waals surface area (Å²) in [7, 11) is 0. The van der Waals surface area contributed by atoms with Crippen LogP contribution in [0.2, 0.25) is 15.1 Å². The molecule has 1 aromatic heterocycles. The first kappa shape index (κ1) is 22.3. The number of benzene rings is 3. The van der Waals surface area contributed by atoms with Crippen molar-refractivity contribution in [3.63, 3.8) is 0 Å². The topological polar surface area (TPSA) is 42.7 Å². The lowest BCUT2D eigenvalue weighted by atomic mass is 9.97. The molecule has 0 saturated heterocycles. The second-order valence-corrected chi connectivity index (χ2v) is 9.41. The van der Waals surface area contributed by atoms with Crippen LogP contribution in [0.3, 0.4) is 0 Å². The van der Waals surface area contributed by atoms with Crippen LogP contribution in [0.15, 0.2) is 63.8 Å². The Kier molecular flexibility index (Phi) is 6.11. The average molecular weight is 501 g/mol. The van der Waals surface area contributed by atoms with Gasteiger partial charge in [-0.2, -0.15) is 0 Å². The van der Waals surface area contributed by atoms with Gasteiger partial charge in [-0.05, 0) is 66.4 Å². The number of ether oxygens (including phenoxy) is 1. The van der Waals surface area contributed by atoms with E-state index < -0.39 is 0 Å². The first-order valence-electron chi connectivity index (χ1n) is 10.5. The van der Waals surface area contributed by atoms with E-state index in [1.54, 1.807) is 18.2 Å². The zero-order valence-corrected chi connectivity index (χ0v) is 20.1. The van der Waals surface area contributed by atoms with Crippen LogP contribution in [0.4, 0.5) is 0 Å². The fourth-order valence-corrected chi connectivity index (χ4v) is 4.89. The van der Waals surface area contributed by atoms with E-state index in [1.807, 2.05) is 43.3 Å². The normalized spacial score (nSPS) is 13.7. The summed E-state index contributed by atoms with van der Waals surface area (Å²) in [6.07, 6.45) is 0.753. The zero-order chi connectivity index (χ0) is 23.1. The Morgan fingerprint density at radius 1 is 0.970 bits per heavy atom. The van der Waals surface area contributed by atoms with Gasteiger partial charge in [0.15, 0.2) is 0 Å². The molecule has 0 fully saturated rings. The van der Waals surface area contributed by atoms with Crippen LogP contribution in [0.25, 0.3) is 22.1 Å². The van der Waals surface area contributed by atoms with Gasteiger partial charge in [0, 0.05) is 33.5 Å². The van der Waals surface area contributed by atoms with Gasteiger partial charge in [-0.1, -0.05) is 53.0 Å². The quantitative estimate of drug-likeness (QED) is 0.280. The molecule has 0 amide bonds. The Bertz CT molecular complexity index is 1410. The summed E-state index contributed by atoms with van der Waals surface area (Å²) in [4.78, 5) is 15.2. The first-order chi connectivity index (χ1) is 15.9. The molecule has 3 aromatic carbocycles. The Balaban J connectivity index is 1.47. The first-order valence-corrected chi connectivity index (χ1v) is 11.7. The van der Waals surface area contributed by atoms with E-state index in [4.69, 9.17) is 44.0 Å². The number of fused-ring (bicyclic) bond motifs is 3. The number of rotatable bonds is 4. The molecule has 0 bridgehead atoms. The molecule has 4 aromatic rings. The number of hydrogen-bond donors (Lipinski definition) is 0. The molecule has 5 rings (SSSR count). The molecule has 0 N–H and O–H groups in total. The summed E-state index contributed by atoms with van der Waals surface area (Å²) in [5.41, 5.74) is 4.30. The van der Waals surface area contributed by atoms with Crippen molar-refractivity contribution < 1.29 is 9.15 Å². The van der Waals surface area contributed by atoms with E-state index in [2.05, 4.69) is 4.90 Å². The molecule has 0 radical (unpaired) electrons. The second kappa shape index (κ2) is 9.03. The van der Waals surface area contributed by atoms with E-state index in [9.17, 15) is 4.79 Å². The lowest BCUT2D eigenvalue weighted by Gasteiger charge is -2.29. The van der Waals surface area contributed by atoms with Crippen molar-refractivity contribution >= 4 is 45.8 Å². The predicted molar refractivity (Wildman–Crippen MR) is 134 cm³/mol. The van der Waals surface area contributed by atoms with Gasteiger partial charge in [0.25, 0.3) is 0 Å². The highest BCUT2D eigenvalue weighted by molar-refractivity contribution is 6.35. The molecular formula is C26H20Cl3NO3. The molecule has 4 nitrogen and oxygen atoms in total. The van der Waals surface area contributed by atoms with Gasteiger partial charge in [-0.3, -0.25) is 4.90 Å². The van der Waals surface area contributed by atoms with Gasteiger partial charge in [0.1, 0.15) is 18.1 Å². The van der Waals surface area contributed by atoms with Crippen molar-refractivity contribution in [2.24, 2.45) is 0 Å². The third kappa shape index (κ3) is 4.36. The summed E-state index contributed by atoms with van der Waals surface area (Å²) >= 11 is 18.3. The maximum Gasteiger partial charge on any atom is 0.344 e. The Morgan fingerprint density at radius 3 is 2.48 bits per heavy atom. The van der Waals surface area contributed by atoms with Crippen molar-refractivity contribution in [3.8, 4) is 16.9 Å². The maximum absolute atomic E-state index is 13.0. The molecule has 1 aliphatic rings. The largest absolute Gasteiger partial charge is 0.478 e. The van der Waals surface area contributed by atoms with Gasteiger partial charge in [0.05, 0.1) is 11.1 Å². The highest BCUT2D eigenvalue weighted by Crippen LogP contribution is 2.36. The van der Waals surface area contributed by atoms with Crippen molar-refractivity contribution in [2.75, 3.05) is 13.3 Å². The molecule has 0 atom stereocenters. The molecule has 33 heavy (non-hydrogen) atoms. The Morgan fingerprint density at radius 2 is 1.73 bits per heavy atom. The number of hydrogen-bond acceptors (Lipinski definition) is 4. The molecule has 2 heterocycles. The van der Waals surface area contributed by atoms with Crippen LogP contribution in [0.1, 0.15) is 16.7 Å². The van der Waals surface area contributed by atoms with Gasteiger partial charge in [0.2, 0.25) is 0 Å². The SMILES string of the molecule is Cc1c(-c2ccc(Cl)cc2)c(=O)oc2c3c(ccc12)OCN(CCc1ccc(Cl)cc1Cl)C3. The van der Waals surface area contributed by atoms with E-state index >= 15 is 0 Å². The second-order valence-electron chi connectivity index (χ2n) is 8.13. The van der Waals surface area contributed by atoms with Gasteiger partial charge < -0.3 is 9.15 Å². The lowest BCUT2D eigenvalue weighted by Crippen LogP contribution is -2.33. The molecule has 7 heteroatoms. The smallest absolute Gasteiger partial charge is 0.344 e. The van der Waals surface area contributed by atoms with Gasteiger partial charge in [-0.25, -0.2) is 4.79 Å². The summed E-state index contributed by atoms with van der Waals surface area (Å²) in [6.45, 7) is 3.75. The fraction of sp³-hybridized carbons (Fsp3) is 0.192. The Labute approximate surface area is 206 Å². The van der Waals surface area contributed by atoms with Gasteiger partial charge in [-0.15, -0.1) is 0 Å². The molecule has 0 aliphatic carbocycles. The number of halogens is 3. The lowest BCUT2D eigenvalue weighted by molar-refractivity contribution is 0.0968. The fourth-order valence-electron chi connectivity index (χ4n) is 4.27. The van der Waals surface area contributed by atoms with Crippen LogP contribution in [0.5, 0.6) is 5.75 Å². The Hall–Kier alpha value is -2.50. The molecule has 168 valence electrons. The minimum absolute atomic E-state index is 0.374. The monoisotopic (exact) mass is 499 g/mol. The molecule has 0 unspecified atom stereocenters. The highest BCUT2D eigenvalue weighted by Gasteiger charge is 2.24. The van der Waals surface area contributed by atoms with Crippen molar-refractivity contribution in [2.45, 2.75) is 19.9 Å². The summed E-state index contributed by atoms with van der Waals surface area (Å²) < 4.78 is 11.9. The van der Waals surface area contributed by atoms with Crippen LogP contribution in [-0.4, -0.2) is 18.2 Å². The summed E-state index contributed by atoms with van der Waals surface area (Å²) in [6, 6.07) is 16.6. The van der Waals surface area contributed by atoms with Crippen molar-refractivity contribution in [3.05, 3.63) is 96.8 Å². The van der Waals surface area contributed by atoms with Crippen molar-refractivity contribution in [1.82, 2.24) is 4.90 Å². The standard InChI is InChI=1S/C26H20Cl3NO3/c1-15-20-8-9-23-21(25(20)33-26(31)24(15)17-3-5-18(27)6-4-17)13-30(14-32-23)11-10-16-2-7-19(28)12-22(16)29/h2-9,12H,10-11,13-14H2,1H3. The molecular weight excluding hydrogens is 481 g/mol. The maximum atomic E-state index is 13.0. The van der Waals surface area contributed by atoms with Crippen LogP contribution in [-0.2, 0) is 13.0 Å². The molecule has 0 saturated carbocycles. The summed E-state index contributed by atoms with van der Waals surface area (Å²) in [5, 5.41) is 2.79. The molecule has 1 aliphatic heterocycles. The highest BCUT2D eigenvalue weighted by atomic mass is 35.5. The van der Waals surface area contributed by atoms with E-state index in [0.29, 0.717) is 39.5 Å². The van der Waals surface area contributed by atoms with E-state index in [0.717, 1.165) is 46.4 Å². The molecule has 0 spiro atoms. The summed E-state index contributed by atoms with van der Waals surface area (Å²) in [5.74, 6) is 0.741. The number of aryl methyl sites for hydroxylation is 1. The number of nitrogens with zero attached hydrogens (tertiary/aromatic N) is 1. The average Bonchev–Trinajstić information content (AvgIpc) is 2.79. The zero-order valence-electron chi connectivity index (χ0n) is 17.8. The predicted octanol–water partition coefficient (Wildman–Crippen LogP) is 7.12. The van der Waals surface area contributed by atoms with Crippen molar-refractivity contribution in [1.29, 1.82) is 0 Å². The minimum atomic E-state index is -0.374. The van der Waals surface area contributed by atoms with Gasteiger partial charge >= 0.3 is 5.63 Å². The van der Waals surface area contributed by atoms with Crippen LogP contribution >= 0.6 is 34.8 Å². The van der Waals surface area contributed by atoms with E-state index in [-0.39, 0.29) is 5.63 Å². The van der Waals surface area contributed by atoms with Crippen LogP contribution in [0, 0.1) is 6.92 Å².